The van der Waals surface area contributed by atoms with Crippen molar-refractivity contribution in [2.24, 2.45) is 5.92 Å². The van der Waals surface area contributed by atoms with Crippen LogP contribution in [0.1, 0.15) is 48.5 Å². The molecular formula is C19H18O4S. The number of thioether (sulfide) groups is 1. The lowest BCUT2D eigenvalue weighted by molar-refractivity contribution is -0.141. The lowest BCUT2D eigenvalue weighted by atomic mass is 9.87. The maximum Gasteiger partial charge on any atom is 0.319 e. The number of allylic oxidation sites excluding steroid dienone is 3. The van der Waals surface area contributed by atoms with Crippen LogP contribution >= 0.6 is 11.8 Å². The fourth-order valence-electron chi connectivity index (χ4n) is 3.86. The third-order valence-electron chi connectivity index (χ3n) is 5.12. The van der Waals surface area contributed by atoms with Crippen LogP contribution in [0.15, 0.2) is 39.7 Å². The van der Waals surface area contributed by atoms with Gasteiger partial charge in [0.2, 0.25) is 0 Å². The first-order chi connectivity index (χ1) is 11.5. The van der Waals surface area contributed by atoms with E-state index in [4.69, 9.17) is 0 Å². The number of hydrogen-bond donors (Lipinski definition) is 2. The van der Waals surface area contributed by atoms with Gasteiger partial charge in [-0.1, -0.05) is 43.0 Å². The number of fused-ring (bicyclic) bond motifs is 4. The van der Waals surface area contributed by atoms with Crippen LogP contribution in [-0.4, -0.2) is 22.0 Å². The minimum Gasteiger partial charge on any atom is -0.480 e. The molecule has 0 fully saturated rings. The number of carbonyl (C=O) groups excluding carboxylic acids is 1. The third kappa shape index (κ3) is 2.19. The summed E-state index contributed by atoms with van der Waals surface area (Å²) in [6, 6.07) is 3.52. The van der Waals surface area contributed by atoms with Gasteiger partial charge >= 0.3 is 5.97 Å². The maximum absolute atomic E-state index is 12.9. The van der Waals surface area contributed by atoms with E-state index in [0.29, 0.717) is 17.6 Å². The molecule has 0 aromatic heterocycles. The van der Waals surface area contributed by atoms with E-state index in [1.807, 2.05) is 19.1 Å². The highest BCUT2D eigenvalue weighted by atomic mass is 32.2. The Morgan fingerprint density at radius 2 is 1.92 bits per heavy atom. The van der Waals surface area contributed by atoms with Gasteiger partial charge in [-0.2, -0.15) is 0 Å². The minimum atomic E-state index is -1.17. The predicted octanol–water partition coefficient (Wildman–Crippen LogP) is 3.36. The van der Waals surface area contributed by atoms with Gasteiger partial charge in [-0.25, -0.2) is 0 Å². The Bertz CT molecular complexity index is 821. The second-order valence-electron chi connectivity index (χ2n) is 6.68. The fourth-order valence-corrected chi connectivity index (χ4v) is 5.20. The molecule has 0 saturated heterocycles. The summed E-state index contributed by atoms with van der Waals surface area (Å²) in [7, 11) is 0. The summed E-state index contributed by atoms with van der Waals surface area (Å²) in [6.07, 6.45) is 5.70. The second-order valence-corrected chi connectivity index (χ2v) is 7.73. The Balaban J connectivity index is 1.96. The smallest absolute Gasteiger partial charge is 0.319 e. The van der Waals surface area contributed by atoms with Crippen molar-refractivity contribution in [3.63, 3.8) is 0 Å². The van der Waals surface area contributed by atoms with E-state index in [2.05, 4.69) is 0 Å². The summed E-state index contributed by atoms with van der Waals surface area (Å²) in [5.74, 6) is -2.50. The van der Waals surface area contributed by atoms with Crippen molar-refractivity contribution in [1.29, 1.82) is 0 Å². The van der Waals surface area contributed by atoms with Gasteiger partial charge < -0.3 is 10.2 Å². The fraction of sp³-hybridized carbons (Fsp3) is 0.368. The summed E-state index contributed by atoms with van der Waals surface area (Å²) < 4.78 is 0. The number of carboxylic acid groups (broad SMARTS) is 1. The van der Waals surface area contributed by atoms with Crippen LogP contribution in [0.2, 0.25) is 0 Å². The zero-order chi connectivity index (χ0) is 17.0. The Morgan fingerprint density at radius 3 is 2.67 bits per heavy atom. The highest BCUT2D eigenvalue weighted by Gasteiger charge is 2.40. The first kappa shape index (κ1) is 15.7. The van der Waals surface area contributed by atoms with E-state index in [9.17, 15) is 19.8 Å². The van der Waals surface area contributed by atoms with Crippen molar-refractivity contribution >= 4 is 23.5 Å². The average molecular weight is 342 g/mol. The first-order valence-corrected chi connectivity index (χ1v) is 9.00. The molecule has 2 N–H and O–H groups in total. The molecule has 0 amide bonds. The Labute approximate surface area is 144 Å². The van der Waals surface area contributed by atoms with Crippen LogP contribution in [0.5, 0.6) is 0 Å². The van der Waals surface area contributed by atoms with E-state index >= 15 is 0 Å². The lowest BCUT2D eigenvalue weighted by Gasteiger charge is -2.15. The van der Waals surface area contributed by atoms with E-state index in [1.54, 1.807) is 12.1 Å². The molecule has 4 rings (SSSR count). The van der Waals surface area contributed by atoms with Gasteiger partial charge in [0.15, 0.2) is 5.78 Å². The van der Waals surface area contributed by atoms with Gasteiger partial charge in [0.25, 0.3) is 0 Å². The van der Waals surface area contributed by atoms with Gasteiger partial charge in [-0.15, -0.1) is 0 Å². The number of benzene rings is 1. The molecule has 0 bridgehead atoms. The molecule has 124 valence electrons. The van der Waals surface area contributed by atoms with E-state index in [-0.39, 0.29) is 11.7 Å². The zero-order valence-corrected chi connectivity index (χ0v) is 14.1. The summed E-state index contributed by atoms with van der Waals surface area (Å²) in [5.41, 5.74) is 2.97. The number of carbonyl (C=O) groups is 2. The van der Waals surface area contributed by atoms with Crippen LogP contribution in [0.25, 0.3) is 0 Å². The molecule has 3 atom stereocenters. The Morgan fingerprint density at radius 1 is 1.21 bits per heavy atom. The summed E-state index contributed by atoms with van der Waals surface area (Å²) in [4.78, 5) is 26.4. The molecule has 24 heavy (non-hydrogen) atoms. The SMILES string of the molecule is CC1Cc2c(ccc3c2SC2=CCCC=C2C(=O)C3C(=O)O)C1O. The molecule has 2 aliphatic carbocycles. The molecule has 0 radical (unpaired) electrons. The lowest BCUT2D eigenvalue weighted by Crippen LogP contribution is -2.23. The standard InChI is InChI=1S/C19H18O4S/c1-9-8-13-10(16(9)20)6-7-12-15(19(22)23)17(21)11-4-2-3-5-14(11)24-18(12)13/h4-7,9,15-16,20H,2-3,8H2,1H3,(H,22,23). The van der Waals surface area contributed by atoms with Gasteiger partial charge in [-0.3, -0.25) is 9.59 Å². The molecule has 1 aromatic carbocycles. The molecule has 3 aliphatic rings. The van der Waals surface area contributed by atoms with Gasteiger partial charge in [-0.05, 0) is 41.9 Å². The molecule has 3 unspecified atom stereocenters. The number of rotatable bonds is 1. The third-order valence-corrected chi connectivity index (χ3v) is 6.41. The number of Topliss-reactive ketones (excluding diaryl/α,β-unsaturated/α-hetero) is 1. The highest BCUT2D eigenvalue weighted by Crippen LogP contribution is 2.50. The molecule has 4 nitrogen and oxygen atoms in total. The van der Waals surface area contributed by atoms with Crippen LogP contribution in [0, 0.1) is 5.92 Å². The van der Waals surface area contributed by atoms with Crippen molar-refractivity contribution in [1.82, 2.24) is 0 Å². The zero-order valence-electron chi connectivity index (χ0n) is 13.3. The van der Waals surface area contributed by atoms with E-state index in [1.165, 1.54) is 11.8 Å². The van der Waals surface area contributed by atoms with Crippen LogP contribution in [-0.2, 0) is 16.0 Å². The molecule has 1 aliphatic heterocycles. The molecule has 0 saturated carbocycles. The number of aliphatic hydroxyl groups is 1. The Kier molecular flexibility index (Phi) is 3.66. The van der Waals surface area contributed by atoms with Crippen LogP contribution in [0.3, 0.4) is 0 Å². The maximum atomic E-state index is 12.9. The molecule has 1 heterocycles. The largest absolute Gasteiger partial charge is 0.480 e. The molecule has 0 spiro atoms. The number of hydrogen-bond acceptors (Lipinski definition) is 4. The normalized spacial score (nSPS) is 28.2. The predicted molar refractivity (Wildman–Crippen MR) is 90.9 cm³/mol. The molecule has 5 heteroatoms. The van der Waals surface area contributed by atoms with Crippen molar-refractivity contribution in [3.05, 3.63) is 51.5 Å². The number of aliphatic hydroxyl groups excluding tert-OH is 1. The number of aliphatic carboxylic acids is 1. The first-order valence-electron chi connectivity index (χ1n) is 8.18. The summed E-state index contributed by atoms with van der Waals surface area (Å²) in [6.45, 7) is 1.99. The minimum absolute atomic E-state index is 0.102. The van der Waals surface area contributed by atoms with Crippen LogP contribution in [0.4, 0.5) is 0 Å². The average Bonchev–Trinajstić information content (AvgIpc) is 2.77. The molecular weight excluding hydrogens is 324 g/mol. The topological polar surface area (TPSA) is 74.6 Å². The van der Waals surface area contributed by atoms with Gasteiger partial charge in [0.05, 0.1) is 6.10 Å². The number of carboxylic acids is 1. The van der Waals surface area contributed by atoms with Crippen molar-refractivity contribution < 1.29 is 19.8 Å². The second kappa shape index (κ2) is 5.60. The number of ketones is 1. The van der Waals surface area contributed by atoms with Crippen LogP contribution < -0.4 is 0 Å². The summed E-state index contributed by atoms with van der Waals surface area (Å²) in [5, 5.41) is 20.1. The van der Waals surface area contributed by atoms with Crippen molar-refractivity contribution in [2.75, 3.05) is 0 Å². The van der Waals surface area contributed by atoms with Gasteiger partial charge in [0, 0.05) is 15.4 Å². The van der Waals surface area contributed by atoms with E-state index < -0.39 is 18.0 Å². The quantitative estimate of drug-likeness (QED) is 0.766. The Hall–Kier alpha value is -1.85. The molecule has 1 aromatic rings. The monoisotopic (exact) mass is 342 g/mol. The van der Waals surface area contributed by atoms with E-state index in [0.717, 1.165) is 33.8 Å². The van der Waals surface area contributed by atoms with Crippen molar-refractivity contribution in [2.45, 2.75) is 43.1 Å². The summed E-state index contributed by atoms with van der Waals surface area (Å²) >= 11 is 1.49. The van der Waals surface area contributed by atoms with Gasteiger partial charge in [0.1, 0.15) is 5.92 Å². The highest BCUT2D eigenvalue weighted by molar-refractivity contribution is 8.03. The van der Waals surface area contributed by atoms with Crippen molar-refractivity contribution in [3.8, 4) is 0 Å².